The lowest BCUT2D eigenvalue weighted by Gasteiger charge is -2.26. The zero-order chi connectivity index (χ0) is 11.0. The second kappa shape index (κ2) is 3.77. The van der Waals surface area contributed by atoms with Crippen LogP contribution in [0.5, 0.6) is 5.75 Å². The quantitative estimate of drug-likeness (QED) is 0.844. The number of nitrogens with two attached hydrogens (primary N) is 1. The molecule has 0 aliphatic heterocycles. The molecule has 2 fully saturated rings. The molecule has 0 bridgehead atoms. The van der Waals surface area contributed by atoms with E-state index in [4.69, 9.17) is 10.5 Å². The molecule has 3 rings (SSSR count). The van der Waals surface area contributed by atoms with Crippen LogP contribution in [0.4, 0.5) is 0 Å². The smallest absolute Gasteiger partial charge is 0.124 e. The molecule has 0 amide bonds. The van der Waals surface area contributed by atoms with E-state index in [1.165, 1.54) is 31.2 Å². The number of rotatable bonds is 3. The highest BCUT2D eigenvalue weighted by Crippen LogP contribution is 2.41. The molecule has 2 heteroatoms. The highest BCUT2D eigenvalue weighted by atomic mass is 16.5. The maximum absolute atomic E-state index is 6.50. The number of hydrogen-bond donors (Lipinski definition) is 1. The summed E-state index contributed by atoms with van der Waals surface area (Å²) in [6.45, 7) is 0. The van der Waals surface area contributed by atoms with E-state index >= 15 is 0 Å². The largest absolute Gasteiger partial charge is 0.490 e. The summed E-state index contributed by atoms with van der Waals surface area (Å²) >= 11 is 0. The number of hydrogen-bond acceptors (Lipinski definition) is 2. The van der Waals surface area contributed by atoms with Gasteiger partial charge >= 0.3 is 0 Å². The summed E-state index contributed by atoms with van der Waals surface area (Å²) in [4.78, 5) is 0. The first-order valence-electron chi connectivity index (χ1n) is 6.33. The van der Waals surface area contributed by atoms with Crippen LogP contribution in [0.3, 0.4) is 0 Å². The van der Waals surface area contributed by atoms with E-state index in [1.54, 1.807) is 0 Å². The van der Waals surface area contributed by atoms with Crippen molar-refractivity contribution in [1.29, 1.82) is 0 Å². The summed E-state index contributed by atoms with van der Waals surface area (Å²) in [6.07, 6.45) is 7.53. The summed E-state index contributed by atoms with van der Waals surface area (Å²) in [5.41, 5.74) is 7.59. The van der Waals surface area contributed by atoms with Crippen molar-refractivity contribution in [2.24, 2.45) is 5.73 Å². The first-order chi connectivity index (χ1) is 7.78. The van der Waals surface area contributed by atoms with Gasteiger partial charge in [0.15, 0.2) is 0 Å². The van der Waals surface area contributed by atoms with Gasteiger partial charge in [-0.05, 0) is 31.7 Å². The number of benzene rings is 1. The van der Waals surface area contributed by atoms with Crippen molar-refractivity contribution < 1.29 is 4.74 Å². The van der Waals surface area contributed by atoms with Gasteiger partial charge < -0.3 is 10.5 Å². The van der Waals surface area contributed by atoms with Crippen molar-refractivity contribution in [3.8, 4) is 5.75 Å². The minimum atomic E-state index is -0.133. The van der Waals surface area contributed by atoms with Gasteiger partial charge in [0.2, 0.25) is 0 Å². The van der Waals surface area contributed by atoms with Crippen LogP contribution in [0.1, 0.15) is 44.1 Å². The standard InChI is InChI=1S/C14H19NO/c15-14(9-3-4-10-14)12-5-1-2-6-13(12)16-11-7-8-11/h1-2,5-6,11H,3-4,7-10,15H2. The highest BCUT2D eigenvalue weighted by Gasteiger charge is 2.35. The van der Waals surface area contributed by atoms with Crippen LogP contribution in [0.15, 0.2) is 24.3 Å². The molecule has 2 nitrogen and oxygen atoms in total. The average Bonchev–Trinajstić information content (AvgIpc) is 2.99. The number of ether oxygens (including phenoxy) is 1. The van der Waals surface area contributed by atoms with Gasteiger partial charge in [0, 0.05) is 11.1 Å². The topological polar surface area (TPSA) is 35.2 Å². The zero-order valence-corrected chi connectivity index (χ0v) is 9.61. The van der Waals surface area contributed by atoms with E-state index in [0.717, 1.165) is 18.6 Å². The normalized spacial score (nSPS) is 23.3. The Labute approximate surface area is 96.8 Å². The van der Waals surface area contributed by atoms with E-state index in [2.05, 4.69) is 18.2 Å². The van der Waals surface area contributed by atoms with E-state index in [0.29, 0.717) is 6.10 Å². The lowest BCUT2D eigenvalue weighted by molar-refractivity contribution is 0.290. The first-order valence-corrected chi connectivity index (χ1v) is 6.33. The molecular weight excluding hydrogens is 198 g/mol. The van der Waals surface area contributed by atoms with E-state index < -0.39 is 0 Å². The molecule has 1 aromatic carbocycles. The van der Waals surface area contributed by atoms with Gasteiger partial charge in [0.1, 0.15) is 5.75 Å². The molecule has 16 heavy (non-hydrogen) atoms. The van der Waals surface area contributed by atoms with Gasteiger partial charge in [0.05, 0.1) is 6.10 Å². The molecule has 2 aliphatic rings. The van der Waals surface area contributed by atoms with E-state index in [-0.39, 0.29) is 5.54 Å². The average molecular weight is 217 g/mol. The number of para-hydroxylation sites is 1. The third-order valence-electron chi connectivity index (χ3n) is 3.74. The third-order valence-corrected chi connectivity index (χ3v) is 3.74. The van der Waals surface area contributed by atoms with Crippen LogP contribution in [-0.4, -0.2) is 6.10 Å². The maximum atomic E-state index is 6.50. The van der Waals surface area contributed by atoms with Crippen molar-refractivity contribution in [3.63, 3.8) is 0 Å². The van der Waals surface area contributed by atoms with Crippen LogP contribution in [0.25, 0.3) is 0 Å². The second-order valence-corrected chi connectivity index (χ2v) is 5.18. The van der Waals surface area contributed by atoms with Gasteiger partial charge in [-0.15, -0.1) is 0 Å². The molecule has 2 N–H and O–H groups in total. The second-order valence-electron chi connectivity index (χ2n) is 5.18. The van der Waals surface area contributed by atoms with Crippen LogP contribution in [-0.2, 0) is 5.54 Å². The van der Waals surface area contributed by atoms with Crippen molar-refractivity contribution in [3.05, 3.63) is 29.8 Å². The predicted octanol–water partition coefficient (Wildman–Crippen LogP) is 2.96. The monoisotopic (exact) mass is 217 g/mol. The van der Waals surface area contributed by atoms with Crippen LogP contribution in [0, 0.1) is 0 Å². The van der Waals surface area contributed by atoms with Crippen molar-refractivity contribution in [2.75, 3.05) is 0 Å². The lowest BCUT2D eigenvalue weighted by Crippen LogP contribution is -2.33. The summed E-state index contributed by atoms with van der Waals surface area (Å²) in [7, 11) is 0. The Morgan fingerprint density at radius 2 is 1.81 bits per heavy atom. The van der Waals surface area contributed by atoms with Crippen LogP contribution >= 0.6 is 0 Å². The van der Waals surface area contributed by atoms with Gasteiger partial charge in [-0.1, -0.05) is 31.0 Å². The Hall–Kier alpha value is -1.02. The molecule has 0 unspecified atom stereocenters. The molecule has 1 aromatic rings. The third kappa shape index (κ3) is 1.82. The lowest BCUT2D eigenvalue weighted by atomic mass is 9.89. The van der Waals surface area contributed by atoms with Crippen LogP contribution in [0.2, 0.25) is 0 Å². The van der Waals surface area contributed by atoms with E-state index in [1.807, 2.05) is 6.07 Å². The minimum absolute atomic E-state index is 0.133. The molecule has 0 spiro atoms. The van der Waals surface area contributed by atoms with Crippen molar-refractivity contribution in [2.45, 2.75) is 50.2 Å². The Kier molecular flexibility index (Phi) is 2.40. The molecule has 2 saturated carbocycles. The fourth-order valence-corrected chi connectivity index (χ4v) is 2.62. The minimum Gasteiger partial charge on any atom is -0.490 e. The van der Waals surface area contributed by atoms with E-state index in [9.17, 15) is 0 Å². The predicted molar refractivity (Wildman–Crippen MR) is 64.4 cm³/mol. The summed E-state index contributed by atoms with van der Waals surface area (Å²) < 4.78 is 5.95. The molecule has 0 radical (unpaired) electrons. The molecular formula is C14H19NO. The first kappa shape index (κ1) is 10.2. The molecule has 0 aromatic heterocycles. The van der Waals surface area contributed by atoms with Crippen molar-refractivity contribution in [1.82, 2.24) is 0 Å². The summed E-state index contributed by atoms with van der Waals surface area (Å²) in [5, 5.41) is 0. The fraction of sp³-hybridized carbons (Fsp3) is 0.571. The van der Waals surface area contributed by atoms with Crippen molar-refractivity contribution >= 4 is 0 Å². The Bertz CT molecular complexity index is 378. The molecule has 86 valence electrons. The zero-order valence-electron chi connectivity index (χ0n) is 9.61. The molecule has 0 heterocycles. The highest BCUT2D eigenvalue weighted by molar-refractivity contribution is 5.40. The Morgan fingerprint density at radius 1 is 1.12 bits per heavy atom. The van der Waals surface area contributed by atoms with Gasteiger partial charge in [-0.25, -0.2) is 0 Å². The fourth-order valence-electron chi connectivity index (χ4n) is 2.62. The summed E-state index contributed by atoms with van der Waals surface area (Å²) in [6, 6.07) is 8.32. The molecule has 0 atom stereocenters. The van der Waals surface area contributed by atoms with Crippen LogP contribution < -0.4 is 10.5 Å². The summed E-state index contributed by atoms with van der Waals surface area (Å²) in [5.74, 6) is 1.02. The van der Waals surface area contributed by atoms with Gasteiger partial charge in [-0.2, -0.15) is 0 Å². The molecule has 2 aliphatic carbocycles. The van der Waals surface area contributed by atoms with Gasteiger partial charge in [0.25, 0.3) is 0 Å². The Balaban J connectivity index is 1.91. The molecule has 0 saturated heterocycles. The SMILES string of the molecule is NC1(c2ccccc2OC2CC2)CCCC1. The Morgan fingerprint density at radius 3 is 2.50 bits per heavy atom. The maximum Gasteiger partial charge on any atom is 0.124 e. The van der Waals surface area contributed by atoms with Gasteiger partial charge in [-0.3, -0.25) is 0 Å².